The predicted octanol–water partition coefficient (Wildman–Crippen LogP) is 3.28. The van der Waals surface area contributed by atoms with Gasteiger partial charge in [-0.05, 0) is 31.7 Å². The van der Waals surface area contributed by atoms with Crippen molar-refractivity contribution in [1.29, 1.82) is 0 Å². The van der Waals surface area contributed by atoms with Crippen molar-refractivity contribution < 1.29 is 0 Å². The molecule has 1 heterocycles. The molecule has 0 aliphatic rings. The first-order valence-electron chi connectivity index (χ1n) is 4.54. The number of anilines is 1. The van der Waals surface area contributed by atoms with Gasteiger partial charge in [0.2, 0.25) is 0 Å². The molecule has 0 spiro atoms. The highest BCUT2D eigenvalue weighted by molar-refractivity contribution is 5.50. The van der Waals surface area contributed by atoms with Gasteiger partial charge in [-0.1, -0.05) is 20.4 Å². The maximum absolute atomic E-state index is 4.19. The molecule has 0 unspecified atom stereocenters. The first-order valence-corrected chi connectivity index (χ1v) is 4.54. The summed E-state index contributed by atoms with van der Waals surface area (Å²) in [6, 6.07) is 2.05. The largest absolute Gasteiger partial charge is 0.361 e. The summed E-state index contributed by atoms with van der Waals surface area (Å²) in [4.78, 5) is 4.19. The molecule has 2 nitrogen and oxygen atoms in total. The van der Waals surface area contributed by atoms with E-state index in [4.69, 9.17) is 0 Å². The Morgan fingerprint density at radius 2 is 2.00 bits per heavy atom. The van der Waals surface area contributed by atoms with E-state index >= 15 is 0 Å². The van der Waals surface area contributed by atoms with Crippen LogP contribution in [0, 0.1) is 13.8 Å². The first kappa shape index (κ1) is 11.7. The second kappa shape index (κ2) is 6.23. The fraction of sp³-hybridized carbons (Fsp3) is 0.364. The lowest BCUT2D eigenvalue weighted by Gasteiger charge is -2.04. The zero-order chi connectivity index (χ0) is 10.3. The molecule has 0 saturated heterocycles. The van der Waals surface area contributed by atoms with E-state index in [1.807, 2.05) is 40.0 Å². The molecule has 13 heavy (non-hydrogen) atoms. The smallest absolute Gasteiger partial charge is 0.0607 e. The molecule has 1 aromatic rings. The van der Waals surface area contributed by atoms with Gasteiger partial charge in [-0.15, -0.1) is 0 Å². The molecule has 0 aromatic carbocycles. The van der Waals surface area contributed by atoms with E-state index < -0.39 is 0 Å². The molecule has 1 N–H and O–H groups in total. The Morgan fingerprint density at radius 1 is 1.38 bits per heavy atom. The van der Waals surface area contributed by atoms with Crippen LogP contribution >= 0.6 is 0 Å². The molecular formula is C11H18N2. The topological polar surface area (TPSA) is 24.9 Å². The Kier molecular flexibility index (Phi) is 5.60. The lowest BCUT2D eigenvalue weighted by molar-refractivity contribution is 1.17. The molecule has 0 fully saturated rings. The fourth-order valence-electron chi connectivity index (χ4n) is 0.894. The summed E-state index contributed by atoms with van der Waals surface area (Å²) < 4.78 is 0. The van der Waals surface area contributed by atoms with Crippen molar-refractivity contribution in [3.63, 3.8) is 0 Å². The van der Waals surface area contributed by atoms with E-state index in [1.54, 1.807) is 6.20 Å². The van der Waals surface area contributed by atoms with Crippen LogP contribution in [0.2, 0.25) is 0 Å². The Morgan fingerprint density at radius 3 is 2.54 bits per heavy atom. The molecule has 2 heteroatoms. The van der Waals surface area contributed by atoms with Crippen LogP contribution < -0.4 is 5.32 Å². The van der Waals surface area contributed by atoms with Crippen LogP contribution in [0.5, 0.6) is 0 Å². The molecule has 0 radical (unpaired) electrons. The molecule has 0 atom stereocenters. The molecule has 0 amide bonds. The van der Waals surface area contributed by atoms with E-state index in [-0.39, 0.29) is 0 Å². The number of nitrogens with one attached hydrogen (secondary N) is 1. The van der Waals surface area contributed by atoms with Crippen LogP contribution in [-0.2, 0) is 0 Å². The van der Waals surface area contributed by atoms with Gasteiger partial charge in [-0.2, -0.15) is 0 Å². The minimum absolute atomic E-state index is 0.996. The summed E-state index contributed by atoms with van der Waals surface area (Å²) in [6.45, 7) is 11.6. The summed E-state index contributed by atoms with van der Waals surface area (Å²) in [5.41, 5.74) is 3.18. The Hall–Kier alpha value is -1.31. The summed E-state index contributed by atoms with van der Waals surface area (Å²) in [6.07, 6.45) is 3.51. The van der Waals surface area contributed by atoms with E-state index in [1.165, 1.54) is 0 Å². The molecule has 0 aliphatic carbocycles. The number of aryl methyl sites for hydroxylation is 2. The highest BCUT2D eigenvalue weighted by Crippen LogP contribution is 2.12. The van der Waals surface area contributed by atoms with Crippen LogP contribution in [0.15, 0.2) is 25.0 Å². The van der Waals surface area contributed by atoms with Crippen molar-refractivity contribution in [2.45, 2.75) is 27.7 Å². The van der Waals surface area contributed by atoms with Crippen molar-refractivity contribution >= 4 is 5.69 Å². The van der Waals surface area contributed by atoms with Crippen molar-refractivity contribution in [3.05, 3.63) is 36.3 Å². The third kappa shape index (κ3) is 3.74. The molecule has 0 aliphatic heterocycles. The van der Waals surface area contributed by atoms with Gasteiger partial charge in [-0.25, -0.2) is 0 Å². The Balaban J connectivity index is 0.000000671. The van der Waals surface area contributed by atoms with Crippen molar-refractivity contribution in [2.24, 2.45) is 0 Å². The second-order valence-electron chi connectivity index (χ2n) is 2.49. The molecular weight excluding hydrogens is 160 g/mol. The van der Waals surface area contributed by atoms with Gasteiger partial charge in [0.15, 0.2) is 0 Å². The number of aromatic nitrogens is 1. The fourth-order valence-corrected chi connectivity index (χ4v) is 0.894. The van der Waals surface area contributed by atoms with Crippen LogP contribution in [0.25, 0.3) is 0 Å². The van der Waals surface area contributed by atoms with E-state index in [0.29, 0.717) is 0 Å². The third-order valence-electron chi connectivity index (χ3n) is 1.48. The number of hydrogen-bond acceptors (Lipinski definition) is 2. The maximum atomic E-state index is 4.19. The molecule has 0 bridgehead atoms. The number of rotatable bonds is 2. The monoisotopic (exact) mass is 178 g/mol. The van der Waals surface area contributed by atoms with Gasteiger partial charge >= 0.3 is 0 Å². The number of pyridine rings is 1. The van der Waals surface area contributed by atoms with Crippen molar-refractivity contribution in [2.75, 3.05) is 5.32 Å². The molecule has 1 rings (SSSR count). The van der Waals surface area contributed by atoms with Gasteiger partial charge in [0, 0.05) is 6.20 Å². The molecule has 0 saturated carbocycles. The average Bonchev–Trinajstić information content (AvgIpc) is 2.15. The predicted molar refractivity (Wildman–Crippen MR) is 58.9 cm³/mol. The van der Waals surface area contributed by atoms with Crippen LogP contribution in [0.3, 0.4) is 0 Å². The second-order valence-corrected chi connectivity index (χ2v) is 2.49. The number of nitrogens with zero attached hydrogens (tertiary/aromatic N) is 1. The zero-order valence-corrected chi connectivity index (χ0v) is 8.89. The average molecular weight is 178 g/mol. The lowest BCUT2D eigenvalue weighted by Crippen LogP contribution is -1.93. The number of hydrogen-bond donors (Lipinski definition) is 1. The van der Waals surface area contributed by atoms with Gasteiger partial charge in [0.1, 0.15) is 0 Å². The van der Waals surface area contributed by atoms with E-state index in [0.717, 1.165) is 16.9 Å². The third-order valence-corrected chi connectivity index (χ3v) is 1.48. The van der Waals surface area contributed by atoms with Gasteiger partial charge in [0.05, 0.1) is 11.4 Å². The van der Waals surface area contributed by atoms with Crippen molar-refractivity contribution in [3.8, 4) is 0 Å². The normalized spacial score (nSPS) is 8.31. The highest BCUT2D eigenvalue weighted by Gasteiger charge is 1.95. The SMILES string of the molecule is C=CNc1cc(C)cnc1C.CC. The highest BCUT2D eigenvalue weighted by atomic mass is 14.9. The standard InChI is InChI=1S/C9H12N2.C2H6/c1-4-10-9-5-7(2)6-11-8(9)3;1-2/h4-6,10H,1H2,2-3H3;1-2H3. The van der Waals surface area contributed by atoms with Crippen LogP contribution in [-0.4, -0.2) is 4.98 Å². The zero-order valence-electron chi connectivity index (χ0n) is 8.89. The first-order chi connectivity index (χ1) is 6.24. The quantitative estimate of drug-likeness (QED) is 0.751. The van der Waals surface area contributed by atoms with E-state index in [2.05, 4.69) is 16.9 Å². The van der Waals surface area contributed by atoms with Gasteiger partial charge in [-0.3, -0.25) is 4.98 Å². The molecule has 72 valence electrons. The van der Waals surface area contributed by atoms with E-state index in [9.17, 15) is 0 Å². The van der Waals surface area contributed by atoms with Gasteiger partial charge < -0.3 is 5.32 Å². The summed E-state index contributed by atoms with van der Waals surface area (Å²) in [7, 11) is 0. The van der Waals surface area contributed by atoms with Crippen LogP contribution in [0.4, 0.5) is 5.69 Å². The Bertz CT molecular complexity index is 267. The van der Waals surface area contributed by atoms with Crippen LogP contribution in [0.1, 0.15) is 25.1 Å². The van der Waals surface area contributed by atoms with Gasteiger partial charge in [0.25, 0.3) is 0 Å². The summed E-state index contributed by atoms with van der Waals surface area (Å²) in [5, 5.41) is 3.02. The lowest BCUT2D eigenvalue weighted by atomic mass is 10.2. The van der Waals surface area contributed by atoms with Crippen molar-refractivity contribution in [1.82, 2.24) is 4.98 Å². The summed E-state index contributed by atoms with van der Waals surface area (Å²) in [5.74, 6) is 0. The Labute approximate surface area is 80.7 Å². The minimum Gasteiger partial charge on any atom is -0.361 e. The maximum Gasteiger partial charge on any atom is 0.0607 e. The summed E-state index contributed by atoms with van der Waals surface area (Å²) >= 11 is 0. The minimum atomic E-state index is 0.996. The molecule has 1 aromatic heterocycles.